The van der Waals surface area contributed by atoms with E-state index in [2.05, 4.69) is 10.6 Å². The van der Waals surface area contributed by atoms with Crippen LogP contribution in [-0.4, -0.2) is 47.5 Å². The fourth-order valence-electron chi connectivity index (χ4n) is 3.42. The van der Waals surface area contributed by atoms with Crippen LogP contribution in [0.3, 0.4) is 0 Å². The number of ether oxygens (including phenoxy) is 1. The number of piperidine rings is 1. The predicted molar refractivity (Wildman–Crippen MR) is 111 cm³/mol. The van der Waals surface area contributed by atoms with Gasteiger partial charge in [-0.3, -0.25) is 9.59 Å². The maximum Gasteiger partial charge on any atom is 0.410 e. The van der Waals surface area contributed by atoms with Gasteiger partial charge in [0.1, 0.15) is 5.60 Å². The average molecular weight is 402 g/mol. The van der Waals surface area contributed by atoms with Crippen molar-refractivity contribution in [2.24, 2.45) is 5.41 Å². The summed E-state index contributed by atoms with van der Waals surface area (Å²) >= 11 is 0. The fraction of sp³-hybridized carbons (Fsp3) is 0.591. The van der Waals surface area contributed by atoms with Crippen LogP contribution in [0.15, 0.2) is 24.3 Å². The number of nitrogens with one attached hydrogen (secondary N) is 2. The van der Waals surface area contributed by atoms with Gasteiger partial charge in [0.15, 0.2) is 0 Å². The topological polar surface area (TPSA) is 87.7 Å². The maximum absolute atomic E-state index is 13.0. The van der Waals surface area contributed by atoms with E-state index in [1.807, 2.05) is 27.7 Å². The van der Waals surface area contributed by atoms with Crippen molar-refractivity contribution < 1.29 is 19.1 Å². The lowest BCUT2D eigenvalue weighted by molar-refractivity contribution is -0.127. The molecule has 1 saturated heterocycles. The van der Waals surface area contributed by atoms with E-state index >= 15 is 0 Å². The van der Waals surface area contributed by atoms with E-state index in [1.165, 1.54) is 0 Å². The van der Waals surface area contributed by atoms with Crippen molar-refractivity contribution >= 4 is 23.6 Å². The second kappa shape index (κ2) is 8.05. The molecule has 7 nitrogen and oxygen atoms in total. The van der Waals surface area contributed by atoms with Crippen LogP contribution in [0.2, 0.25) is 0 Å². The van der Waals surface area contributed by atoms with Gasteiger partial charge in [-0.15, -0.1) is 0 Å². The van der Waals surface area contributed by atoms with Crippen LogP contribution in [0.4, 0.5) is 10.5 Å². The molecule has 1 aromatic carbocycles. The molecule has 1 heterocycles. The number of benzene rings is 1. The summed E-state index contributed by atoms with van der Waals surface area (Å²) in [6.07, 6.45) is 3.06. The first-order valence-electron chi connectivity index (χ1n) is 10.3. The third kappa shape index (κ3) is 5.71. The number of hydrogen-bond acceptors (Lipinski definition) is 4. The Balaban J connectivity index is 1.64. The van der Waals surface area contributed by atoms with Gasteiger partial charge in [0.05, 0.1) is 5.41 Å². The van der Waals surface area contributed by atoms with Crippen LogP contribution in [-0.2, 0) is 9.53 Å². The zero-order chi connectivity index (χ0) is 21.2. The molecule has 2 N–H and O–H groups in total. The summed E-state index contributed by atoms with van der Waals surface area (Å²) in [5.74, 6) is -0.283. The highest BCUT2D eigenvalue weighted by molar-refractivity contribution is 5.99. The molecular weight excluding hydrogens is 370 g/mol. The molecule has 2 fully saturated rings. The average Bonchev–Trinajstić information content (AvgIpc) is 3.44. The van der Waals surface area contributed by atoms with Crippen LogP contribution >= 0.6 is 0 Å². The number of hydrogen-bond donors (Lipinski definition) is 2. The Labute approximate surface area is 172 Å². The van der Waals surface area contributed by atoms with Crippen LogP contribution in [0.25, 0.3) is 0 Å². The third-order valence-electron chi connectivity index (χ3n) is 5.19. The lowest BCUT2D eigenvalue weighted by atomic mass is 9.81. The zero-order valence-electron chi connectivity index (χ0n) is 17.7. The van der Waals surface area contributed by atoms with Gasteiger partial charge in [0.2, 0.25) is 5.91 Å². The number of anilines is 1. The summed E-state index contributed by atoms with van der Waals surface area (Å²) in [4.78, 5) is 39.3. The SMILES string of the molecule is CC(C)(C)OC(=O)N1CCC[C@@](C)(C(=O)Nc2cccc(C(=O)NC3CC3)c2)C1. The molecule has 1 aromatic rings. The molecule has 1 atom stereocenters. The first kappa shape index (κ1) is 21.1. The minimum atomic E-state index is -0.721. The van der Waals surface area contributed by atoms with E-state index in [4.69, 9.17) is 4.74 Å². The summed E-state index contributed by atoms with van der Waals surface area (Å²) in [5, 5.41) is 5.88. The molecular formula is C22H31N3O4. The standard InChI is InChI=1S/C22H31N3O4/c1-21(2,3)29-20(28)25-12-6-11-22(4,14-25)19(27)24-17-8-5-7-15(13-17)18(26)23-16-9-10-16/h5,7-8,13,16H,6,9-12,14H2,1-4H3,(H,23,26)(H,24,27)/t22-/m1/s1. The van der Waals surface area contributed by atoms with Gasteiger partial charge in [-0.1, -0.05) is 6.07 Å². The number of rotatable bonds is 4. The van der Waals surface area contributed by atoms with E-state index in [9.17, 15) is 14.4 Å². The summed E-state index contributed by atoms with van der Waals surface area (Å²) < 4.78 is 5.46. The molecule has 0 spiro atoms. The first-order chi connectivity index (χ1) is 13.6. The normalized spacial score (nSPS) is 22.0. The van der Waals surface area contributed by atoms with E-state index in [0.717, 1.165) is 19.3 Å². The van der Waals surface area contributed by atoms with E-state index in [-0.39, 0.29) is 17.9 Å². The monoisotopic (exact) mass is 401 g/mol. The van der Waals surface area contributed by atoms with E-state index < -0.39 is 17.1 Å². The summed E-state index contributed by atoms with van der Waals surface area (Å²) in [6.45, 7) is 8.22. The number of nitrogens with zero attached hydrogens (tertiary/aromatic N) is 1. The molecule has 1 aliphatic heterocycles. The predicted octanol–water partition coefficient (Wildman–Crippen LogP) is 3.55. The molecule has 3 amide bonds. The Morgan fingerprint density at radius 1 is 1.21 bits per heavy atom. The lowest BCUT2D eigenvalue weighted by Crippen LogP contribution is -2.51. The molecule has 3 rings (SSSR count). The van der Waals surface area contributed by atoms with Gasteiger partial charge in [-0.25, -0.2) is 4.79 Å². The fourth-order valence-corrected chi connectivity index (χ4v) is 3.42. The zero-order valence-corrected chi connectivity index (χ0v) is 17.7. The Bertz CT molecular complexity index is 797. The van der Waals surface area contributed by atoms with Crippen molar-refractivity contribution in [2.75, 3.05) is 18.4 Å². The van der Waals surface area contributed by atoms with Gasteiger partial charge in [0.25, 0.3) is 5.91 Å². The molecule has 0 unspecified atom stereocenters. The molecule has 7 heteroatoms. The molecule has 0 bridgehead atoms. The summed E-state index contributed by atoms with van der Waals surface area (Å²) in [6, 6.07) is 7.23. The number of amides is 3. The Morgan fingerprint density at radius 3 is 2.59 bits per heavy atom. The highest BCUT2D eigenvalue weighted by Crippen LogP contribution is 2.32. The molecule has 0 aromatic heterocycles. The van der Waals surface area contributed by atoms with Gasteiger partial charge in [-0.05, 0) is 71.6 Å². The summed E-state index contributed by atoms with van der Waals surface area (Å²) in [5.41, 5.74) is -0.191. The van der Waals surface area contributed by atoms with Crippen LogP contribution < -0.4 is 10.6 Å². The highest BCUT2D eigenvalue weighted by Gasteiger charge is 2.40. The number of carbonyl (C=O) groups excluding carboxylic acids is 3. The highest BCUT2D eigenvalue weighted by atomic mass is 16.6. The van der Waals surface area contributed by atoms with Crippen LogP contribution in [0.1, 0.15) is 63.7 Å². The summed E-state index contributed by atoms with van der Waals surface area (Å²) in [7, 11) is 0. The maximum atomic E-state index is 13.0. The van der Waals surface area contributed by atoms with Gasteiger partial charge < -0.3 is 20.3 Å². The molecule has 1 aliphatic carbocycles. The van der Waals surface area contributed by atoms with E-state index in [1.54, 1.807) is 29.2 Å². The van der Waals surface area contributed by atoms with Crippen molar-refractivity contribution in [2.45, 2.75) is 65.0 Å². The number of carbonyl (C=O) groups is 3. The molecule has 158 valence electrons. The van der Waals surface area contributed by atoms with E-state index in [0.29, 0.717) is 30.8 Å². The molecule has 2 aliphatic rings. The molecule has 0 radical (unpaired) electrons. The van der Waals surface area contributed by atoms with Gasteiger partial charge in [0, 0.05) is 30.4 Å². The minimum Gasteiger partial charge on any atom is -0.444 e. The lowest BCUT2D eigenvalue weighted by Gasteiger charge is -2.39. The van der Waals surface area contributed by atoms with Crippen molar-refractivity contribution in [1.82, 2.24) is 10.2 Å². The number of likely N-dealkylation sites (tertiary alicyclic amines) is 1. The molecule has 29 heavy (non-hydrogen) atoms. The smallest absolute Gasteiger partial charge is 0.410 e. The van der Waals surface area contributed by atoms with Gasteiger partial charge in [-0.2, -0.15) is 0 Å². The van der Waals surface area contributed by atoms with Crippen LogP contribution in [0.5, 0.6) is 0 Å². The third-order valence-corrected chi connectivity index (χ3v) is 5.19. The second-order valence-electron chi connectivity index (χ2n) is 9.35. The second-order valence-corrected chi connectivity index (χ2v) is 9.35. The Hall–Kier alpha value is -2.57. The Kier molecular flexibility index (Phi) is 5.87. The van der Waals surface area contributed by atoms with Gasteiger partial charge >= 0.3 is 6.09 Å². The molecule has 1 saturated carbocycles. The van der Waals surface area contributed by atoms with Crippen molar-refractivity contribution in [3.05, 3.63) is 29.8 Å². The van der Waals surface area contributed by atoms with Crippen LogP contribution in [0, 0.1) is 5.41 Å². The van der Waals surface area contributed by atoms with Crippen molar-refractivity contribution in [1.29, 1.82) is 0 Å². The minimum absolute atomic E-state index is 0.122. The van der Waals surface area contributed by atoms with Crippen molar-refractivity contribution in [3.8, 4) is 0 Å². The largest absolute Gasteiger partial charge is 0.444 e. The first-order valence-corrected chi connectivity index (χ1v) is 10.3. The Morgan fingerprint density at radius 2 is 1.93 bits per heavy atom. The van der Waals surface area contributed by atoms with Crippen molar-refractivity contribution in [3.63, 3.8) is 0 Å². The quantitative estimate of drug-likeness (QED) is 0.808.